The van der Waals surface area contributed by atoms with Crippen molar-refractivity contribution in [2.75, 3.05) is 5.32 Å². The summed E-state index contributed by atoms with van der Waals surface area (Å²) in [7, 11) is 0. The number of carbonyl (C=O) groups excluding carboxylic acids is 1. The molecule has 0 saturated heterocycles. The van der Waals surface area contributed by atoms with E-state index in [0.717, 1.165) is 36.9 Å². The second-order valence-electron chi connectivity index (χ2n) is 7.58. The Balaban J connectivity index is 0.00000240. The van der Waals surface area contributed by atoms with Gasteiger partial charge in [0, 0.05) is 23.7 Å². The third-order valence-electron chi connectivity index (χ3n) is 5.74. The molecule has 2 aromatic carbocycles. The van der Waals surface area contributed by atoms with E-state index in [1.807, 2.05) is 12.3 Å². The number of benzene rings is 2. The van der Waals surface area contributed by atoms with Crippen molar-refractivity contribution in [2.24, 2.45) is 5.92 Å². The summed E-state index contributed by atoms with van der Waals surface area (Å²) in [6.07, 6.45) is 6.84. The number of nitrogens with zero attached hydrogens (tertiary/aromatic N) is 2. The normalized spacial score (nSPS) is 18.4. The molecule has 0 unspecified atom stereocenters. The van der Waals surface area contributed by atoms with Gasteiger partial charge >= 0.3 is 0 Å². The zero-order valence-electron chi connectivity index (χ0n) is 16.2. The zero-order valence-corrected chi connectivity index (χ0v) is 17.0. The van der Waals surface area contributed by atoms with Gasteiger partial charge in [-0.15, -0.1) is 12.4 Å². The van der Waals surface area contributed by atoms with Gasteiger partial charge in [0.1, 0.15) is 0 Å². The van der Waals surface area contributed by atoms with Crippen molar-refractivity contribution in [2.45, 2.75) is 38.0 Å². The second kappa shape index (κ2) is 9.54. The first-order valence-corrected chi connectivity index (χ1v) is 9.86. The van der Waals surface area contributed by atoms with Crippen molar-refractivity contribution in [1.82, 2.24) is 4.98 Å². The molecule has 1 aliphatic rings. The molecule has 0 bridgehead atoms. The maximum Gasteiger partial charge on any atom is 0.224 e. The van der Waals surface area contributed by atoms with Gasteiger partial charge in [0.05, 0.1) is 17.1 Å². The lowest BCUT2D eigenvalue weighted by atomic mass is 9.77. The number of fused-ring (bicyclic) bond motifs is 1. The first kappa shape index (κ1) is 20.8. The summed E-state index contributed by atoms with van der Waals surface area (Å²) in [6.45, 7) is 0. The minimum absolute atomic E-state index is 0. The molecule has 148 valence electrons. The summed E-state index contributed by atoms with van der Waals surface area (Å²) in [5.41, 5.74) is 3.80. The number of nitrogens with one attached hydrogen (secondary N) is 1. The molecule has 1 aliphatic carbocycles. The van der Waals surface area contributed by atoms with Crippen LogP contribution in [0.25, 0.3) is 10.9 Å². The summed E-state index contributed by atoms with van der Waals surface area (Å²) in [4.78, 5) is 16.8. The van der Waals surface area contributed by atoms with E-state index in [2.05, 4.69) is 40.6 Å². The van der Waals surface area contributed by atoms with Crippen LogP contribution < -0.4 is 5.32 Å². The van der Waals surface area contributed by atoms with E-state index in [4.69, 9.17) is 5.26 Å². The van der Waals surface area contributed by atoms with Crippen LogP contribution in [0.2, 0.25) is 0 Å². The largest absolute Gasteiger partial charge is 0.326 e. The minimum Gasteiger partial charge on any atom is -0.326 e. The van der Waals surface area contributed by atoms with Crippen molar-refractivity contribution in [1.29, 1.82) is 5.26 Å². The number of aromatic nitrogens is 1. The molecule has 0 radical (unpaired) electrons. The van der Waals surface area contributed by atoms with Gasteiger partial charge in [0.2, 0.25) is 5.91 Å². The molecule has 0 aliphatic heterocycles. The number of nitriles is 1. The maximum absolute atomic E-state index is 12.4. The van der Waals surface area contributed by atoms with E-state index in [1.54, 1.807) is 24.3 Å². The summed E-state index contributed by atoms with van der Waals surface area (Å²) >= 11 is 0. The Bertz CT molecular complexity index is 1010. The number of anilines is 1. The molecular weight excluding hydrogens is 382 g/mol. The molecule has 3 aromatic rings. The number of halogens is 1. The minimum atomic E-state index is 0. The first-order valence-electron chi connectivity index (χ1n) is 9.86. The molecule has 1 aromatic heterocycles. The maximum atomic E-state index is 12.4. The highest BCUT2D eigenvalue weighted by Crippen LogP contribution is 2.39. The number of amides is 1. The summed E-state index contributed by atoms with van der Waals surface area (Å²) < 4.78 is 0. The number of rotatable bonds is 4. The molecule has 1 N–H and O–H groups in total. The van der Waals surface area contributed by atoms with E-state index in [9.17, 15) is 4.79 Å². The van der Waals surface area contributed by atoms with E-state index in [1.165, 1.54) is 10.9 Å². The smallest absolute Gasteiger partial charge is 0.224 e. The van der Waals surface area contributed by atoms with E-state index < -0.39 is 0 Å². The number of hydrogen-bond acceptors (Lipinski definition) is 3. The van der Waals surface area contributed by atoms with Gasteiger partial charge in [-0.1, -0.05) is 18.2 Å². The Kier molecular flexibility index (Phi) is 6.85. The Morgan fingerprint density at radius 3 is 2.48 bits per heavy atom. The molecule has 4 rings (SSSR count). The second-order valence-corrected chi connectivity index (χ2v) is 7.58. The van der Waals surface area contributed by atoms with E-state index >= 15 is 0 Å². The molecule has 4 nitrogen and oxygen atoms in total. The average Bonchev–Trinajstić information content (AvgIpc) is 2.74. The molecule has 0 spiro atoms. The van der Waals surface area contributed by atoms with Crippen molar-refractivity contribution in [3.8, 4) is 6.07 Å². The van der Waals surface area contributed by atoms with Crippen LogP contribution in [-0.2, 0) is 4.79 Å². The van der Waals surface area contributed by atoms with Crippen molar-refractivity contribution < 1.29 is 4.79 Å². The van der Waals surface area contributed by atoms with Crippen LogP contribution in [0, 0.1) is 17.2 Å². The van der Waals surface area contributed by atoms with Gasteiger partial charge in [-0.3, -0.25) is 9.78 Å². The van der Waals surface area contributed by atoms with Crippen LogP contribution in [-0.4, -0.2) is 10.9 Å². The lowest BCUT2D eigenvalue weighted by molar-refractivity contribution is -0.117. The quantitative estimate of drug-likeness (QED) is 0.593. The number of hydrogen-bond donors (Lipinski definition) is 1. The van der Waals surface area contributed by atoms with Gasteiger partial charge in [-0.2, -0.15) is 5.26 Å². The Morgan fingerprint density at radius 1 is 1.03 bits per heavy atom. The van der Waals surface area contributed by atoms with Crippen LogP contribution in [0.3, 0.4) is 0 Å². The van der Waals surface area contributed by atoms with Crippen molar-refractivity contribution in [3.63, 3.8) is 0 Å². The fourth-order valence-electron chi connectivity index (χ4n) is 4.25. The topological polar surface area (TPSA) is 65.8 Å². The van der Waals surface area contributed by atoms with Crippen LogP contribution in [0.4, 0.5) is 5.69 Å². The molecule has 0 atom stereocenters. The molecule has 29 heavy (non-hydrogen) atoms. The lowest BCUT2D eigenvalue weighted by Gasteiger charge is -2.29. The number of para-hydroxylation sites is 1. The van der Waals surface area contributed by atoms with Gasteiger partial charge < -0.3 is 5.32 Å². The molecule has 1 heterocycles. The average molecular weight is 406 g/mol. The lowest BCUT2D eigenvalue weighted by Crippen LogP contribution is -2.20. The highest BCUT2D eigenvalue weighted by atomic mass is 35.5. The Hall–Kier alpha value is -2.90. The van der Waals surface area contributed by atoms with Gasteiger partial charge in [0.25, 0.3) is 0 Å². The molecule has 5 heteroatoms. The van der Waals surface area contributed by atoms with E-state index in [0.29, 0.717) is 23.8 Å². The predicted octanol–water partition coefficient (Wildman–Crippen LogP) is 5.83. The zero-order chi connectivity index (χ0) is 19.3. The number of carbonyl (C=O) groups is 1. The Morgan fingerprint density at radius 2 is 1.76 bits per heavy atom. The number of pyridine rings is 1. The Labute approximate surface area is 177 Å². The highest BCUT2D eigenvalue weighted by Gasteiger charge is 2.25. The summed E-state index contributed by atoms with van der Waals surface area (Å²) in [6, 6.07) is 19.6. The van der Waals surface area contributed by atoms with Crippen molar-refractivity contribution >= 4 is 34.9 Å². The third kappa shape index (κ3) is 4.93. The first-order chi connectivity index (χ1) is 13.7. The summed E-state index contributed by atoms with van der Waals surface area (Å²) in [5.74, 6) is 1.04. The van der Waals surface area contributed by atoms with Crippen LogP contribution in [0.15, 0.2) is 60.8 Å². The fraction of sp³-hybridized carbons (Fsp3) is 0.292. The molecular formula is C24H24ClN3O. The van der Waals surface area contributed by atoms with Gasteiger partial charge in [-0.05, 0) is 79.5 Å². The standard InChI is InChI=1S/C24H23N3O.ClH/c25-16-18-7-11-20(12-8-18)27-24(28)15-17-5-9-19(10-6-17)21-13-14-26-23-4-2-1-3-22(21)23;/h1-4,7-8,11-14,17,19H,5-6,9-10,15H2,(H,27,28);1H/t17-,19+;. The SMILES string of the molecule is Cl.N#Cc1ccc(NC(=O)C[C@H]2CC[C@@H](c3ccnc4ccccc43)CC2)cc1. The monoisotopic (exact) mass is 405 g/mol. The molecule has 1 fully saturated rings. The third-order valence-corrected chi connectivity index (χ3v) is 5.74. The van der Waals surface area contributed by atoms with Crippen LogP contribution in [0.5, 0.6) is 0 Å². The fourth-order valence-corrected chi connectivity index (χ4v) is 4.25. The van der Waals surface area contributed by atoms with Gasteiger partial charge in [-0.25, -0.2) is 0 Å². The van der Waals surface area contributed by atoms with E-state index in [-0.39, 0.29) is 18.3 Å². The molecule has 1 saturated carbocycles. The van der Waals surface area contributed by atoms with Crippen LogP contribution in [0.1, 0.15) is 49.1 Å². The molecule has 1 amide bonds. The summed E-state index contributed by atoms with van der Waals surface area (Å²) in [5, 5.41) is 13.1. The van der Waals surface area contributed by atoms with Crippen LogP contribution >= 0.6 is 12.4 Å². The van der Waals surface area contributed by atoms with Crippen molar-refractivity contribution in [3.05, 3.63) is 71.9 Å². The van der Waals surface area contributed by atoms with Gasteiger partial charge in [0.15, 0.2) is 0 Å². The highest BCUT2D eigenvalue weighted by molar-refractivity contribution is 5.90. The predicted molar refractivity (Wildman–Crippen MR) is 118 cm³/mol.